The van der Waals surface area contributed by atoms with Crippen molar-refractivity contribution in [2.45, 2.75) is 25.3 Å². The molecule has 0 spiro atoms. The summed E-state index contributed by atoms with van der Waals surface area (Å²) in [6.45, 7) is 4.45. The van der Waals surface area contributed by atoms with Crippen LogP contribution in [0.15, 0.2) is 65.7 Å². The second kappa shape index (κ2) is 9.90. The van der Waals surface area contributed by atoms with Crippen LogP contribution in [0.1, 0.15) is 19.2 Å². The minimum Gasteiger partial charge on any atom is -0.494 e. The van der Waals surface area contributed by atoms with Crippen LogP contribution in [0.2, 0.25) is 0 Å². The first-order valence-corrected chi connectivity index (χ1v) is 10.2. The number of anilines is 1. The van der Waals surface area contributed by atoms with E-state index >= 15 is 0 Å². The third kappa shape index (κ3) is 5.82. The van der Waals surface area contributed by atoms with Crippen LogP contribution in [-0.2, 0) is 4.79 Å². The van der Waals surface area contributed by atoms with Gasteiger partial charge in [0, 0.05) is 23.4 Å². The molecular formula is C22H23N3O2S. The van der Waals surface area contributed by atoms with E-state index in [-0.39, 0.29) is 5.91 Å². The van der Waals surface area contributed by atoms with Crippen molar-refractivity contribution in [2.75, 3.05) is 17.7 Å². The highest BCUT2D eigenvalue weighted by molar-refractivity contribution is 7.99. The first-order chi connectivity index (χ1) is 13.6. The average molecular weight is 394 g/mol. The van der Waals surface area contributed by atoms with Gasteiger partial charge in [0.15, 0.2) is 0 Å². The predicted octanol–water partition coefficient (Wildman–Crippen LogP) is 4.97. The molecule has 1 heterocycles. The van der Waals surface area contributed by atoms with E-state index in [9.17, 15) is 4.79 Å². The van der Waals surface area contributed by atoms with Gasteiger partial charge in [0.2, 0.25) is 5.91 Å². The summed E-state index contributed by atoms with van der Waals surface area (Å²) in [6.07, 6.45) is 0.404. The zero-order valence-electron chi connectivity index (χ0n) is 16.0. The Kier molecular flexibility index (Phi) is 7.03. The van der Waals surface area contributed by atoms with Crippen LogP contribution in [0.5, 0.6) is 5.75 Å². The van der Waals surface area contributed by atoms with Gasteiger partial charge < -0.3 is 10.1 Å². The Hall–Kier alpha value is -2.86. The van der Waals surface area contributed by atoms with Gasteiger partial charge in [-0.15, -0.1) is 11.8 Å². The summed E-state index contributed by atoms with van der Waals surface area (Å²) < 4.78 is 5.40. The molecule has 0 aliphatic rings. The number of aromatic nitrogens is 2. The monoisotopic (exact) mass is 393 g/mol. The molecule has 1 aromatic heterocycles. The van der Waals surface area contributed by atoms with Crippen molar-refractivity contribution in [3.05, 3.63) is 66.5 Å². The summed E-state index contributed by atoms with van der Waals surface area (Å²) in [4.78, 5) is 21.2. The maximum atomic E-state index is 12.2. The molecule has 0 saturated heterocycles. The number of carbonyl (C=O) groups excluding carboxylic acids is 1. The number of carbonyl (C=O) groups is 1. The summed E-state index contributed by atoms with van der Waals surface area (Å²) in [5, 5.41) is 3.78. The number of amides is 1. The molecule has 28 heavy (non-hydrogen) atoms. The van der Waals surface area contributed by atoms with E-state index in [0.717, 1.165) is 33.5 Å². The molecule has 0 atom stereocenters. The summed E-state index contributed by atoms with van der Waals surface area (Å²) in [7, 11) is 0. The molecule has 2 aromatic carbocycles. The smallest absolute Gasteiger partial charge is 0.225 e. The second-order valence-electron chi connectivity index (χ2n) is 6.11. The van der Waals surface area contributed by atoms with Crippen molar-refractivity contribution >= 4 is 23.4 Å². The van der Waals surface area contributed by atoms with Crippen LogP contribution in [-0.4, -0.2) is 28.2 Å². The second-order valence-corrected chi connectivity index (χ2v) is 7.22. The number of hydrogen-bond acceptors (Lipinski definition) is 5. The first kappa shape index (κ1) is 19.9. The highest BCUT2D eigenvalue weighted by Gasteiger charge is 2.07. The molecule has 6 heteroatoms. The number of thioether (sulfide) groups is 1. The van der Waals surface area contributed by atoms with Gasteiger partial charge in [-0.2, -0.15) is 0 Å². The largest absolute Gasteiger partial charge is 0.494 e. The maximum Gasteiger partial charge on any atom is 0.225 e. The lowest BCUT2D eigenvalue weighted by Crippen LogP contribution is -2.12. The molecule has 0 aliphatic carbocycles. The fourth-order valence-corrected chi connectivity index (χ4v) is 3.53. The first-order valence-electron chi connectivity index (χ1n) is 9.20. The van der Waals surface area contributed by atoms with Gasteiger partial charge >= 0.3 is 0 Å². The lowest BCUT2D eigenvalue weighted by Gasteiger charge is -2.08. The number of rotatable bonds is 8. The summed E-state index contributed by atoms with van der Waals surface area (Å²) in [5.41, 5.74) is 2.72. The number of nitrogens with one attached hydrogen (secondary N) is 1. The van der Waals surface area contributed by atoms with Crippen molar-refractivity contribution in [3.63, 3.8) is 0 Å². The quantitative estimate of drug-likeness (QED) is 0.432. The van der Waals surface area contributed by atoms with Crippen LogP contribution < -0.4 is 10.1 Å². The maximum absolute atomic E-state index is 12.2. The molecule has 1 N–H and O–H groups in total. The number of hydrogen-bond donors (Lipinski definition) is 1. The Labute approximate surface area is 169 Å². The third-order valence-corrected chi connectivity index (χ3v) is 4.83. The summed E-state index contributed by atoms with van der Waals surface area (Å²) in [5.74, 6) is 2.14. The third-order valence-electron chi connectivity index (χ3n) is 3.91. The summed E-state index contributed by atoms with van der Waals surface area (Å²) >= 11 is 1.56. The van der Waals surface area contributed by atoms with Gasteiger partial charge in [-0.05, 0) is 44.2 Å². The van der Waals surface area contributed by atoms with Crippen molar-refractivity contribution in [2.24, 2.45) is 0 Å². The molecule has 3 rings (SSSR count). The Morgan fingerprint density at radius 3 is 2.54 bits per heavy atom. The Morgan fingerprint density at radius 1 is 1.07 bits per heavy atom. The molecule has 0 aliphatic heterocycles. The van der Waals surface area contributed by atoms with Gasteiger partial charge in [-0.1, -0.05) is 30.3 Å². The molecule has 144 valence electrons. The highest BCUT2D eigenvalue weighted by atomic mass is 32.2. The van der Waals surface area contributed by atoms with E-state index in [2.05, 4.69) is 15.3 Å². The van der Waals surface area contributed by atoms with Crippen molar-refractivity contribution in [1.29, 1.82) is 0 Å². The van der Waals surface area contributed by atoms with E-state index in [1.165, 1.54) is 0 Å². The van der Waals surface area contributed by atoms with E-state index in [0.29, 0.717) is 18.8 Å². The number of benzene rings is 2. The zero-order chi connectivity index (χ0) is 19.8. The lowest BCUT2D eigenvalue weighted by molar-refractivity contribution is -0.115. The zero-order valence-corrected chi connectivity index (χ0v) is 16.8. The van der Waals surface area contributed by atoms with Gasteiger partial charge in [0.25, 0.3) is 0 Å². The molecule has 1 amide bonds. The van der Waals surface area contributed by atoms with Crippen molar-refractivity contribution in [1.82, 2.24) is 9.97 Å². The minimum absolute atomic E-state index is 0.0225. The van der Waals surface area contributed by atoms with Gasteiger partial charge in [-0.25, -0.2) is 9.97 Å². The minimum atomic E-state index is -0.0225. The molecule has 0 unspecified atom stereocenters. The fraction of sp³-hybridized carbons (Fsp3) is 0.227. The number of ether oxygens (including phenoxy) is 1. The normalized spacial score (nSPS) is 10.5. The van der Waals surface area contributed by atoms with E-state index in [4.69, 9.17) is 4.74 Å². The van der Waals surface area contributed by atoms with Gasteiger partial charge in [-0.3, -0.25) is 4.79 Å². The van der Waals surface area contributed by atoms with E-state index in [1.807, 2.05) is 74.5 Å². The van der Waals surface area contributed by atoms with Crippen LogP contribution in [0.3, 0.4) is 0 Å². The SMILES string of the molecule is CCOc1ccc(NC(=O)CCSc2cc(-c3ccccc3)nc(C)n2)cc1. The molecule has 5 nitrogen and oxygen atoms in total. The molecular weight excluding hydrogens is 370 g/mol. The molecule has 0 saturated carbocycles. The fourth-order valence-electron chi connectivity index (χ4n) is 2.64. The summed E-state index contributed by atoms with van der Waals surface area (Å²) in [6, 6.07) is 19.4. The van der Waals surface area contributed by atoms with E-state index in [1.54, 1.807) is 11.8 Å². The Morgan fingerprint density at radius 2 is 1.82 bits per heavy atom. The standard InChI is InChI=1S/C22H23N3O2S/c1-3-27-19-11-9-18(10-12-19)25-21(26)13-14-28-22-15-20(23-16(2)24-22)17-7-5-4-6-8-17/h4-12,15H,3,13-14H2,1-2H3,(H,25,26). The highest BCUT2D eigenvalue weighted by Crippen LogP contribution is 2.23. The topological polar surface area (TPSA) is 64.1 Å². The van der Waals surface area contributed by atoms with E-state index < -0.39 is 0 Å². The number of nitrogens with zero attached hydrogens (tertiary/aromatic N) is 2. The van der Waals surface area contributed by atoms with Gasteiger partial charge in [0.1, 0.15) is 16.6 Å². The van der Waals surface area contributed by atoms with Crippen molar-refractivity contribution < 1.29 is 9.53 Å². The molecule has 0 bridgehead atoms. The molecule has 3 aromatic rings. The molecule has 0 fully saturated rings. The van der Waals surface area contributed by atoms with Crippen LogP contribution >= 0.6 is 11.8 Å². The van der Waals surface area contributed by atoms with Crippen molar-refractivity contribution in [3.8, 4) is 17.0 Å². The van der Waals surface area contributed by atoms with Crippen LogP contribution in [0.25, 0.3) is 11.3 Å². The van der Waals surface area contributed by atoms with Crippen LogP contribution in [0.4, 0.5) is 5.69 Å². The Balaban J connectivity index is 1.53. The van der Waals surface area contributed by atoms with Crippen LogP contribution in [0, 0.1) is 6.92 Å². The Bertz CT molecular complexity index is 915. The predicted molar refractivity (Wildman–Crippen MR) is 114 cm³/mol. The average Bonchev–Trinajstić information content (AvgIpc) is 2.70. The molecule has 0 radical (unpaired) electrons. The van der Waals surface area contributed by atoms with Gasteiger partial charge in [0.05, 0.1) is 12.3 Å². The number of aryl methyl sites for hydroxylation is 1. The lowest BCUT2D eigenvalue weighted by atomic mass is 10.1.